The molecule has 3 rings (SSSR count). The maximum atomic E-state index is 13.9. The average Bonchev–Trinajstić information content (AvgIpc) is 2.96. The van der Waals surface area contributed by atoms with Crippen molar-refractivity contribution in [2.75, 3.05) is 31.3 Å². The number of anilines is 1. The minimum atomic E-state index is -3.68. The number of benzene rings is 3. The first-order valence-electron chi connectivity index (χ1n) is 14.0. The molecule has 1 N–H and O–H groups in total. The van der Waals surface area contributed by atoms with Crippen LogP contribution in [0.15, 0.2) is 72.8 Å². The lowest BCUT2D eigenvalue weighted by molar-refractivity contribution is -0.141. The lowest BCUT2D eigenvalue weighted by atomic mass is 10.0. The number of methoxy groups -OCH3 is 2. The van der Waals surface area contributed by atoms with Gasteiger partial charge >= 0.3 is 0 Å². The van der Waals surface area contributed by atoms with E-state index in [4.69, 9.17) is 21.1 Å². The first-order valence-corrected chi connectivity index (χ1v) is 16.2. The van der Waals surface area contributed by atoms with E-state index in [0.29, 0.717) is 23.6 Å². The molecule has 0 aliphatic carbocycles. The zero-order valence-corrected chi connectivity index (χ0v) is 26.8. The number of amides is 2. The largest absolute Gasteiger partial charge is 0.497 e. The van der Waals surface area contributed by atoms with Crippen molar-refractivity contribution in [3.05, 3.63) is 88.9 Å². The Hall–Kier alpha value is -3.76. The second-order valence-corrected chi connectivity index (χ2v) is 12.8. The number of sulfonamides is 1. The van der Waals surface area contributed by atoms with Gasteiger partial charge in [0.2, 0.25) is 21.8 Å². The van der Waals surface area contributed by atoms with E-state index in [1.807, 2.05) is 68.4 Å². The van der Waals surface area contributed by atoms with Gasteiger partial charge < -0.3 is 19.7 Å². The molecule has 0 heterocycles. The van der Waals surface area contributed by atoms with E-state index in [1.54, 1.807) is 24.1 Å². The summed E-state index contributed by atoms with van der Waals surface area (Å²) in [7, 11) is -0.636. The van der Waals surface area contributed by atoms with Crippen LogP contribution in [0.25, 0.3) is 0 Å². The molecule has 1 atom stereocenters. The molecule has 232 valence electrons. The van der Waals surface area contributed by atoms with Gasteiger partial charge in [0.15, 0.2) is 0 Å². The lowest BCUT2D eigenvalue weighted by Gasteiger charge is -2.32. The van der Waals surface area contributed by atoms with Gasteiger partial charge in [-0.2, -0.15) is 0 Å². The Balaban J connectivity index is 1.90. The highest BCUT2D eigenvalue weighted by atomic mass is 35.5. The highest BCUT2D eigenvalue weighted by Gasteiger charge is 2.31. The SMILES string of the molecule is COc1cccc(CN(C(=O)CCCN(c2ccc(OC)c(Cl)c2)S(C)(=O)=O)C(Cc2ccccc2)C(=O)NC(C)C)c1. The molecule has 1 unspecified atom stereocenters. The van der Waals surface area contributed by atoms with Gasteiger partial charge in [0, 0.05) is 32.0 Å². The zero-order chi connectivity index (χ0) is 31.6. The standard InChI is InChI=1S/C32H40ClN3O6S/c1-23(2)34-32(38)29(20-24-11-7-6-8-12-24)35(22-25-13-9-14-27(19-25)41-3)31(37)15-10-18-36(43(5,39)40)26-16-17-30(42-4)28(33)21-26/h6-9,11-14,16-17,19,21,23,29H,10,15,18,20,22H2,1-5H3,(H,34,38). The van der Waals surface area contributed by atoms with E-state index in [9.17, 15) is 18.0 Å². The van der Waals surface area contributed by atoms with Crippen molar-refractivity contribution in [1.82, 2.24) is 10.2 Å². The Morgan fingerprint density at radius 1 is 0.930 bits per heavy atom. The molecule has 0 aromatic heterocycles. The maximum absolute atomic E-state index is 13.9. The minimum absolute atomic E-state index is 0.0140. The van der Waals surface area contributed by atoms with Gasteiger partial charge in [0.05, 0.1) is 31.2 Å². The van der Waals surface area contributed by atoms with E-state index < -0.39 is 16.1 Å². The van der Waals surface area contributed by atoms with Gasteiger partial charge in [-0.05, 0) is 61.7 Å². The van der Waals surface area contributed by atoms with Crippen LogP contribution in [0.2, 0.25) is 5.02 Å². The van der Waals surface area contributed by atoms with Gasteiger partial charge in [-0.1, -0.05) is 54.1 Å². The van der Waals surface area contributed by atoms with Crippen LogP contribution in [-0.2, 0) is 32.6 Å². The second kappa shape index (κ2) is 15.6. The number of ether oxygens (including phenoxy) is 2. The summed E-state index contributed by atoms with van der Waals surface area (Å²) in [4.78, 5) is 29.1. The summed E-state index contributed by atoms with van der Waals surface area (Å²) in [5.74, 6) is 0.522. The van der Waals surface area contributed by atoms with Crippen LogP contribution in [0.3, 0.4) is 0 Å². The third-order valence-corrected chi connectivity index (χ3v) is 8.25. The number of carbonyl (C=O) groups is 2. The first kappa shape index (κ1) is 33.7. The number of hydrogen-bond donors (Lipinski definition) is 1. The minimum Gasteiger partial charge on any atom is -0.497 e. The fourth-order valence-corrected chi connectivity index (χ4v) is 5.93. The van der Waals surface area contributed by atoms with Crippen molar-refractivity contribution in [2.24, 2.45) is 0 Å². The summed E-state index contributed by atoms with van der Waals surface area (Å²) in [5.41, 5.74) is 2.08. The quantitative estimate of drug-likeness (QED) is 0.252. The number of hydrogen-bond acceptors (Lipinski definition) is 6. The molecule has 0 spiro atoms. The van der Waals surface area contributed by atoms with Crippen molar-refractivity contribution >= 4 is 39.1 Å². The summed E-state index contributed by atoms with van der Waals surface area (Å²) in [6.07, 6.45) is 1.65. The predicted molar refractivity (Wildman–Crippen MR) is 170 cm³/mol. The molecule has 43 heavy (non-hydrogen) atoms. The highest BCUT2D eigenvalue weighted by molar-refractivity contribution is 7.92. The molecule has 9 nitrogen and oxygen atoms in total. The fourth-order valence-electron chi connectivity index (χ4n) is 4.72. The molecule has 0 radical (unpaired) electrons. The molecule has 0 fully saturated rings. The molecule has 0 aliphatic rings. The first-order chi connectivity index (χ1) is 20.4. The Morgan fingerprint density at radius 2 is 1.63 bits per heavy atom. The summed E-state index contributed by atoms with van der Waals surface area (Å²) >= 11 is 6.26. The summed E-state index contributed by atoms with van der Waals surface area (Å²) < 4.78 is 37.2. The van der Waals surface area contributed by atoms with Crippen LogP contribution in [0, 0.1) is 0 Å². The molecule has 0 saturated carbocycles. The number of nitrogens with zero attached hydrogens (tertiary/aromatic N) is 2. The van der Waals surface area contributed by atoms with E-state index >= 15 is 0 Å². The molecule has 0 aliphatic heterocycles. The van der Waals surface area contributed by atoms with Crippen LogP contribution < -0.4 is 19.1 Å². The zero-order valence-electron chi connectivity index (χ0n) is 25.2. The second-order valence-electron chi connectivity index (χ2n) is 10.5. The van der Waals surface area contributed by atoms with Crippen LogP contribution in [0.4, 0.5) is 5.69 Å². The fraction of sp³-hybridized carbons (Fsp3) is 0.375. The molecule has 0 saturated heterocycles. The van der Waals surface area contributed by atoms with Crippen LogP contribution in [0.5, 0.6) is 11.5 Å². The maximum Gasteiger partial charge on any atom is 0.243 e. The number of rotatable bonds is 15. The van der Waals surface area contributed by atoms with E-state index in [0.717, 1.165) is 17.4 Å². The molecular formula is C32H40ClN3O6S. The molecule has 3 aromatic carbocycles. The van der Waals surface area contributed by atoms with Crippen molar-refractivity contribution in [3.8, 4) is 11.5 Å². The van der Waals surface area contributed by atoms with Crippen LogP contribution in [-0.4, -0.2) is 64.2 Å². The molecule has 11 heteroatoms. The Morgan fingerprint density at radius 3 is 2.23 bits per heavy atom. The number of halogens is 1. The van der Waals surface area contributed by atoms with Gasteiger partial charge in [-0.15, -0.1) is 0 Å². The normalized spacial score (nSPS) is 12.0. The van der Waals surface area contributed by atoms with E-state index in [1.165, 1.54) is 17.5 Å². The van der Waals surface area contributed by atoms with Crippen molar-refractivity contribution in [3.63, 3.8) is 0 Å². The third kappa shape index (κ3) is 9.90. The summed E-state index contributed by atoms with van der Waals surface area (Å²) in [6.45, 7) is 3.96. The lowest BCUT2D eigenvalue weighted by Crippen LogP contribution is -2.51. The van der Waals surface area contributed by atoms with Gasteiger partial charge in [-0.25, -0.2) is 8.42 Å². The average molecular weight is 630 g/mol. The highest BCUT2D eigenvalue weighted by Crippen LogP contribution is 2.30. The predicted octanol–water partition coefficient (Wildman–Crippen LogP) is 5.07. The van der Waals surface area contributed by atoms with Gasteiger partial charge in [0.1, 0.15) is 17.5 Å². The van der Waals surface area contributed by atoms with Gasteiger partial charge in [0.25, 0.3) is 0 Å². The van der Waals surface area contributed by atoms with E-state index in [2.05, 4.69) is 5.32 Å². The Bertz CT molecular complexity index is 1480. The molecule has 0 bridgehead atoms. The summed E-state index contributed by atoms with van der Waals surface area (Å²) in [6, 6.07) is 20.7. The van der Waals surface area contributed by atoms with Crippen molar-refractivity contribution < 1.29 is 27.5 Å². The van der Waals surface area contributed by atoms with Crippen LogP contribution in [0.1, 0.15) is 37.8 Å². The molecular weight excluding hydrogens is 590 g/mol. The smallest absolute Gasteiger partial charge is 0.243 e. The molecule has 2 amide bonds. The van der Waals surface area contributed by atoms with E-state index in [-0.39, 0.29) is 48.8 Å². The monoisotopic (exact) mass is 629 g/mol. The number of nitrogens with one attached hydrogen (secondary N) is 1. The molecule has 3 aromatic rings. The van der Waals surface area contributed by atoms with Crippen LogP contribution >= 0.6 is 11.6 Å². The number of carbonyl (C=O) groups excluding carboxylic acids is 2. The Labute approximate surface area is 259 Å². The Kier molecular flexibility index (Phi) is 12.3. The third-order valence-electron chi connectivity index (χ3n) is 6.76. The topological polar surface area (TPSA) is 105 Å². The van der Waals surface area contributed by atoms with Crippen molar-refractivity contribution in [2.45, 2.75) is 51.7 Å². The van der Waals surface area contributed by atoms with Crippen molar-refractivity contribution in [1.29, 1.82) is 0 Å². The van der Waals surface area contributed by atoms with Gasteiger partial charge in [-0.3, -0.25) is 13.9 Å². The summed E-state index contributed by atoms with van der Waals surface area (Å²) in [5, 5.41) is 3.24.